The molecule has 2 nitrogen and oxygen atoms in total. The van der Waals surface area contributed by atoms with Gasteiger partial charge in [-0.05, 0) is 50.9 Å². The Hall–Kier alpha value is -0.570. The molecule has 17 heavy (non-hydrogen) atoms. The highest BCUT2D eigenvalue weighted by Gasteiger charge is 2.37. The predicted octanol–water partition coefficient (Wildman–Crippen LogP) is 3.08. The Morgan fingerprint density at radius 2 is 2.24 bits per heavy atom. The molecule has 1 aliphatic rings. The van der Waals surface area contributed by atoms with Gasteiger partial charge in [-0.3, -0.25) is 4.90 Å². The SMILES string of the molecule is CC1(C)C(O)CCCN1Cc1cccc(Cl)c1. The van der Waals surface area contributed by atoms with Gasteiger partial charge in [0.15, 0.2) is 0 Å². The van der Waals surface area contributed by atoms with Crippen molar-refractivity contribution in [2.75, 3.05) is 6.54 Å². The van der Waals surface area contributed by atoms with Crippen LogP contribution >= 0.6 is 11.6 Å². The second-order valence-electron chi connectivity index (χ2n) is 5.36. The summed E-state index contributed by atoms with van der Waals surface area (Å²) < 4.78 is 0. The van der Waals surface area contributed by atoms with Crippen molar-refractivity contribution in [3.63, 3.8) is 0 Å². The number of rotatable bonds is 2. The third-order valence-corrected chi connectivity index (χ3v) is 4.03. The first kappa shape index (κ1) is 12.9. The third kappa shape index (κ3) is 2.82. The monoisotopic (exact) mass is 253 g/mol. The van der Waals surface area contributed by atoms with Crippen LogP contribution in [0.15, 0.2) is 24.3 Å². The molecule has 1 saturated heterocycles. The van der Waals surface area contributed by atoms with E-state index >= 15 is 0 Å². The Labute approximate surface area is 108 Å². The van der Waals surface area contributed by atoms with E-state index in [0.717, 1.165) is 31.0 Å². The lowest BCUT2D eigenvalue weighted by Gasteiger charge is -2.46. The highest BCUT2D eigenvalue weighted by atomic mass is 35.5. The number of likely N-dealkylation sites (tertiary alicyclic amines) is 1. The normalized spacial score (nSPS) is 24.8. The average Bonchev–Trinajstić information content (AvgIpc) is 2.25. The van der Waals surface area contributed by atoms with Crippen molar-refractivity contribution >= 4 is 11.6 Å². The molecule has 1 unspecified atom stereocenters. The molecule has 0 radical (unpaired) electrons. The molecule has 0 amide bonds. The number of benzene rings is 1. The Balaban J connectivity index is 2.12. The van der Waals surface area contributed by atoms with Gasteiger partial charge in [-0.2, -0.15) is 0 Å². The molecule has 3 heteroatoms. The van der Waals surface area contributed by atoms with Crippen molar-refractivity contribution in [3.8, 4) is 0 Å². The fourth-order valence-corrected chi connectivity index (χ4v) is 2.68. The van der Waals surface area contributed by atoms with Gasteiger partial charge < -0.3 is 5.11 Å². The maximum Gasteiger partial charge on any atom is 0.0719 e. The zero-order valence-corrected chi connectivity index (χ0v) is 11.2. The van der Waals surface area contributed by atoms with Gasteiger partial charge in [0.1, 0.15) is 0 Å². The first-order valence-corrected chi connectivity index (χ1v) is 6.55. The summed E-state index contributed by atoms with van der Waals surface area (Å²) in [6, 6.07) is 7.95. The largest absolute Gasteiger partial charge is 0.391 e. The molecule has 0 saturated carbocycles. The van der Waals surface area contributed by atoms with Gasteiger partial charge in [-0.15, -0.1) is 0 Å². The summed E-state index contributed by atoms with van der Waals surface area (Å²) in [4.78, 5) is 2.34. The lowest BCUT2D eigenvalue weighted by molar-refractivity contribution is -0.0480. The molecular weight excluding hydrogens is 234 g/mol. The lowest BCUT2D eigenvalue weighted by atomic mass is 9.87. The van der Waals surface area contributed by atoms with Crippen LogP contribution < -0.4 is 0 Å². The van der Waals surface area contributed by atoms with Crippen LogP contribution in [-0.4, -0.2) is 28.2 Å². The number of piperidine rings is 1. The van der Waals surface area contributed by atoms with Crippen LogP contribution in [-0.2, 0) is 6.54 Å². The van der Waals surface area contributed by atoms with E-state index in [1.807, 2.05) is 18.2 Å². The van der Waals surface area contributed by atoms with Gasteiger partial charge in [0.25, 0.3) is 0 Å². The second kappa shape index (κ2) is 4.97. The molecule has 1 heterocycles. The molecule has 0 aliphatic carbocycles. The molecule has 1 aromatic rings. The van der Waals surface area contributed by atoms with Gasteiger partial charge in [-0.25, -0.2) is 0 Å². The van der Waals surface area contributed by atoms with Crippen LogP contribution in [0.2, 0.25) is 5.02 Å². The highest BCUT2D eigenvalue weighted by molar-refractivity contribution is 6.30. The number of aliphatic hydroxyl groups is 1. The summed E-state index contributed by atoms with van der Waals surface area (Å²) in [5.41, 5.74) is 1.06. The molecule has 1 aliphatic heterocycles. The Kier molecular flexibility index (Phi) is 3.76. The van der Waals surface area contributed by atoms with E-state index in [4.69, 9.17) is 11.6 Å². The maximum absolute atomic E-state index is 10.1. The first-order chi connectivity index (χ1) is 8.00. The van der Waals surface area contributed by atoms with Crippen LogP contribution in [0.5, 0.6) is 0 Å². The van der Waals surface area contributed by atoms with Crippen LogP contribution in [0.3, 0.4) is 0 Å². The predicted molar refractivity (Wildman–Crippen MR) is 71.2 cm³/mol. The van der Waals surface area contributed by atoms with Crippen molar-refractivity contribution in [1.82, 2.24) is 4.90 Å². The van der Waals surface area contributed by atoms with Crippen molar-refractivity contribution < 1.29 is 5.11 Å². The number of hydrogen-bond acceptors (Lipinski definition) is 2. The first-order valence-electron chi connectivity index (χ1n) is 6.18. The maximum atomic E-state index is 10.1. The molecule has 2 rings (SSSR count). The van der Waals surface area contributed by atoms with E-state index in [2.05, 4.69) is 24.8 Å². The quantitative estimate of drug-likeness (QED) is 0.876. The molecule has 1 atom stereocenters. The highest BCUT2D eigenvalue weighted by Crippen LogP contribution is 2.29. The fraction of sp³-hybridized carbons (Fsp3) is 0.571. The van der Waals surface area contributed by atoms with Crippen molar-refractivity contribution in [1.29, 1.82) is 0 Å². The van der Waals surface area contributed by atoms with Gasteiger partial charge >= 0.3 is 0 Å². The fourth-order valence-electron chi connectivity index (χ4n) is 2.47. The van der Waals surface area contributed by atoms with Crippen molar-refractivity contribution in [2.45, 2.75) is 44.9 Å². The zero-order chi connectivity index (χ0) is 12.5. The van der Waals surface area contributed by atoms with Gasteiger partial charge in [0.2, 0.25) is 0 Å². The smallest absolute Gasteiger partial charge is 0.0719 e. The van der Waals surface area contributed by atoms with E-state index < -0.39 is 0 Å². The minimum absolute atomic E-state index is 0.152. The van der Waals surface area contributed by atoms with E-state index in [1.165, 1.54) is 5.56 Å². The van der Waals surface area contributed by atoms with Crippen molar-refractivity contribution in [2.24, 2.45) is 0 Å². The number of nitrogens with zero attached hydrogens (tertiary/aromatic N) is 1. The van der Waals surface area contributed by atoms with Crippen LogP contribution in [0.1, 0.15) is 32.3 Å². The Morgan fingerprint density at radius 3 is 2.94 bits per heavy atom. The second-order valence-corrected chi connectivity index (χ2v) is 5.80. The summed E-state index contributed by atoms with van der Waals surface area (Å²) in [6.07, 6.45) is 1.72. The van der Waals surface area contributed by atoms with E-state index in [0.29, 0.717) is 0 Å². The molecule has 1 aromatic carbocycles. The summed E-state index contributed by atoms with van der Waals surface area (Å²) in [5.74, 6) is 0. The van der Waals surface area contributed by atoms with Crippen LogP contribution in [0.4, 0.5) is 0 Å². The zero-order valence-electron chi connectivity index (χ0n) is 10.5. The topological polar surface area (TPSA) is 23.5 Å². The molecule has 0 spiro atoms. The summed E-state index contributed by atoms with van der Waals surface area (Å²) in [7, 11) is 0. The van der Waals surface area contributed by atoms with Gasteiger partial charge in [0.05, 0.1) is 6.10 Å². The average molecular weight is 254 g/mol. The minimum atomic E-state index is -0.240. The molecule has 94 valence electrons. The van der Waals surface area contributed by atoms with Crippen molar-refractivity contribution in [3.05, 3.63) is 34.9 Å². The summed E-state index contributed by atoms with van der Waals surface area (Å²) in [6.45, 7) is 6.12. The third-order valence-electron chi connectivity index (χ3n) is 3.80. The lowest BCUT2D eigenvalue weighted by Crippen LogP contribution is -2.55. The molecule has 0 aromatic heterocycles. The molecule has 0 bridgehead atoms. The number of halogens is 1. The van der Waals surface area contributed by atoms with E-state index in [-0.39, 0.29) is 11.6 Å². The van der Waals surface area contributed by atoms with Gasteiger partial charge in [0, 0.05) is 17.1 Å². The standard InChI is InChI=1S/C14H20ClNO/c1-14(2)13(17)7-4-8-16(14)10-11-5-3-6-12(15)9-11/h3,5-6,9,13,17H,4,7-8,10H2,1-2H3. The van der Waals surface area contributed by atoms with Gasteiger partial charge in [-0.1, -0.05) is 23.7 Å². The molecule has 1 N–H and O–H groups in total. The Morgan fingerprint density at radius 1 is 1.47 bits per heavy atom. The van der Waals surface area contributed by atoms with E-state index in [1.54, 1.807) is 0 Å². The molecule has 1 fully saturated rings. The van der Waals surface area contributed by atoms with E-state index in [9.17, 15) is 5.11 Å². The number of aliphatic hydroxyl groups excluding tert-OH is 1. The Bertz CT molecular complexity index is 392. The summed E-state index contributed by atoms with van der Waals surface area (Å²) >= 11 is 5.99. The van der Waals surface area contributed by atoms with Crippen LogP contribution in [0, 0.1) is 0 Å². The molecular formula is C14H20ClNO. The van der Waals surface area contributed by atoms with Crippen LogP contribution in [0.25, 0.3) is 0 Å². The number of hydrogen-bond donors (Lipinski definition) is 1. The minimum Gasteiger partial charge on any atom is -0.391 e. The summed E-state index contributed by atoms with van der Waals surface area (Å²) in [5, 5.41) is 10.8.